The van der Waals surface area contributed by atoms with Crippen LogP contribution in [0.25, 0.3) is 11.1 Å². The molecule has 0 N–H and O–H groups in total. The first-order chi connectivity index (χ1) is 11.3. The molecule has 23 heavy (non-hydrogen) atoms. The van der Waals surface area contributed by atoms with E-state index in [0.717, 1.165) is 16.7 Å². The predicted octanol–water partition coefficient (Wildman–Crippen LogP) is 4.75. The molecule has 0 fully saturated rings. The molecule has 0 bridgehead atoms. The first-order valence-electron chi connectivity index (χ1n) is 7.63. The fourth-order valence-electron chi connectivity index (χ4n) is 2.40. The largest absolute Gasteiger partial charge is 0.369 e. The van der Waals surface area contributed by atoms with E-state index in [2.05, 4.69) is 12.1 Å². The van der Waals surface area contributed by atoms with Crippen molar-refractivity contribution in [3.63, 3.8) is 0 Å². The van der Waals surface area contributed by atoms with Crippen molar-refractivity contribution in [2.45, 2.75) is 6.61 Å². The average molecular weight is 302 g/mol. The van der Waals surface area contributed by atoms with Crippen molar-refractivity contribution >= 4 is 5.78 Å². The van der Waals surface area contributed by atoms with Crippen molar-refractivity contribution in [3.05, 3.63) is 96.1 Å². The fourth-order valence-corrected chi connectivity index (χ4v) is 2.40. The molecule has 3 aromatic rings. The van der Waals surface area contributed by atoms with Crippen molar-refractivity contribution in [1.29, 1.82) is 0 Å². The van der Waals surface area contributed by atoms with Gasteiger partial charge < -0.3 is 4.74 Å². The lowest BCUT2D eigenvalue weighted by Crippen LogP contribution is -2.09. The number of carbonyl (C=O) groups is 1. The SMILES string of the molecule is O=C(COCc1ccccc1)c1ccc(-c2ccccc2)cc1. The van der Waals surface area contributed by atoms with Crippen molar-refractivity contribution in [1.82, 2.24) is 0 Å². The van der Waals surface area contributed by atoms with Gasteiger partial charge in [0.15, 0.2) is 5.78 Å². The van der Waals surface area contributed by atoms with E-state index in [1.54, 1.807) is 0 Å². The van der Waals surface area contributed by atoms with Gasteiger partial charge in [0.2, 0.25) is 0 Å². The van der Waals surface area contributed by atoms with E-state index in [0.29, 0.717) is 12.2 Å². The highest BCUT2D eigenvalue weighted by Gasteiger charge is 2.06. The summed E-state index contributed by atoms with van der Waals surface area (Å²) in [4.78, 5) is 12.2. The van der Waals surface area contributed by atoms with Crippen LogP contribution in [0, 0.1) is 0 Å². The van der Waals surface area contributed by atoms with Gasteiger partial charge >= 0.3 is 0 Å². The average Bonchev–Trinajstić information content (AvgIpc) is 2.63. The Hall–Kier alpha value is -2.71. The van der Waals surface area contributed by atoms with Crippen LogP contribution in [0.5, 0.6) is 0 Å². The first-order valence-corrected chi connectivity index (χ1v) is 7.63. The molecule has 0 amide bonds. The minimum absolute atomic E-state index is 0.000503. The zero-order chi connectivity index (χ0) is 15.9. The summed E-state index contributed by atoms with van der Waals surface area (Å²) in [6.45, 7) is 0.550. The van der Waals surface area contributed by atoms with Gasteiger partial charge in [0.1, 0.15) is 6.61 Å². The van der Waals surface area contributed by atoms with E-state index in [9.17, 15) is 4.79 Å². The minimum atomic E-state index is 0.000503. The van der Waals surface area contributed by atoms with E-state index >= 15 is 0 Å². The molecular weight excluding hydrogens is 284 g/mol. The van der Waals surface area contributed by atoms with E-state index in [-0.39, 0.29) is 12.4 Å². The van der Waals surface area contributed by atoms with Crippen LogP contribution in [0.1, 0.15) is 15.9 Å². The van der Waals surface area contributed by atoms with Crippen LogP contribution >= 0.6 is 0 Å². The number of benzene rings is 3. The monoisotopic (exact) mass is 302 g/mol. The Kier molecular flexibility index (Phi) is 4.97. The zero-order valence-electron chi connectivity index (χ0n) is 12.8. The number of hydrogen-bond acceptors (Lipinski definition) is 2. The smallest absolute Gasteiger partial charge is 0.188 e. The maximum atomic E-state index is 12.2. The Morgan fingerprint density at radius 1 is 0.696 bits per heavy atom. The van der Waals surface area contributed by atoms with Crippen molar-refractivity contribution in [3.8, 4) is 11.1 Å². The molecule has 0 unspecified atom stereocenters. The second-order valence-electron chi connectivity index (χ2n) is 5.34. The van der Waals surface area contributed by atoms with E-state index in [1.807, 2.05) is 72.8 Å². The second-order valence-corrected chi connectivity index (χ2v) is 5.34. The Balaban J connectivity index is 1.58. The third kappa shape index (κ3) is 4.15. The molecule has 2 nitrogen and oxygen atoms in total. The predicted molar refractivity (Wildman–Crippen MR) is 92.3 cm³/mol. The molecule has 0 aliphatic carbocycles. The molecule has 3 rings (SSSR count). The van der Waals surface area contributed by atoms with E-state index in [1.165, 1.54) is 0 Å². The molecule has 3 aromatic carbocycles. The molecule has 0 aliphatic heterocycles. The van der Waals surface area contributed by atoms with Crippen molar-refractivity contribution in [2.24, 2.45) is 0 Å². The number of Topliss-reactive ketones (excluding diaryl/α,β-unsaturated/α-hetero) is 1. The topological polar surface area (TPSA) is 26.3 Å². The summed E-state index contributed by atoms with van der Waals surface area (Å²) in [7, 11) is 0. The van der Waals surface area contributed by atoms with Gasteiger partial charge in [-0.25, -0.2) is 0 Å². The number of ketones is 1. The van der Waals surface area contributed by atoms with Crippen molar-refractivity contribution < 1.29 is 9.53 Å². The van der Waals surface area contributed by atoms with Gasteiger partial charge in [-0.1, -0.05) is 84.9 Å². The van der Waals surface area contributed by atoms with Crippen LogP contribution in [0.4, 0.5) is 0 Å². The lowest BCUT2D eigenvalue weighted by Gasteiger charge is -2.06. The Bertz CT molecular complexity index is 747. The molecule has 0 saturated heterocycles. The van der Waals surface area contributed by atoms with Crippen LogP contribution in [-0.4, -0.2) is 12.4 Å². The highest BCUT2D eigenvalue weighted by molar-refractivity contribution is 5.97. The summed E-state index contributed by atoms with van der Waals surface area (Å²) in [5.74, 6) is 0.000503. The summed E-state index contributed by atoms with van der Waals surface area (Å²) < 4.78 is 5.50. The Labute approximate surface area is 136 Å². The molecule has 2 heteroatoms. The summed E-state index contributed by atoms with van der Waals surface area (Å²) in [6.07, 6.45) is 0. The molecule has 0 heterocycles. The third-order valence-corrected chi connectivity index (χ3v) is 3.66. The van der Waals surface area contributed by atoms with Gasteiger partial charge in [-0.05, 0) is 16.7 Å². The van der Waals surface area contributed by atoms with Crippen molar-refractivity contribution in [2.75, 3.05) is 6.61 Å². The van der Waals surface area contributed by atoms with Crippen LogP contribution in [-0.2, 0) is 11.3 Å². The van der Waals surface area contributed by atoms with Gasteiger partial charge in [0.25, 0.3) is 0 Å². The summed E-state index contributed by atoms with van der Waals surface area (Å²) >= 11 is 0. The lowest BCUT2D eigenvalue weighted by molar-refractivity contribution is 0.0726. The third-order valence-electron chi connectivity index (χ3n) is 3.66. The summed E-state index contributed by atoms with van der Waals surface area (Å²) in [5.41, 5.74) is 4.00. The molecule has 0 spiro atoms. The summed E-state index contributed by atoms with van der Waals surface area (Å²) in [6, 6.07) is 27.6. The van der Waals surface area contributed by atoms with Crippen LogP contribution < -0.4 is 0 Å². The maximum Gasteiger partial charge on any atom is 0.188 e. The molecule has 0 saturated carbocycles. The fraction of sp³-hybridized carbons (Fsp3) is 0.0952. The van der Waals surface area contributed by atoms with Crippen LogP contribution in [0.2, 0.25) is 0 Å². The van der Waals surface area contributed by atoms with Gasteiger partial charge in [-0.15, -0.1) is 0 Å². The van der Waals surface area contributed by atoms with E-state index in [4.69, 9.17) is 4.74 Å². The Morgan fingerprint density at radius 2 is 1.26 bits per heavy atom. The first kappa shape index (κ1) is 15.2. The highest BCUT2D eigenvalue weighted by Crippen LogP contribution is 2.19. The van der Waals surface area contributed by atoms with Gasteiger partial charge in [0.05, 0.1) is 6.61 Å². The van der Waals surface area contributed by atoms with Crippen LogP contribution in [0.3, 0.4) is 0 Å². The number of ether oxygens (including phenoxy) is 1. The Morgan fingerprint density at radius 3 is 1.91 bits per heavy atom. The maximum absolute atomic E-state index is 12.2. The quantitative estimate of drug-likeness (QED) is 0.614. The summed E-state index contributed by atoms with van der Waals surface area (Å²) in [5, 5.41) is 0. The number of carbonyl (C=O) groups excluding carboxylic acids is 1. The zero-order valence-corrected chi connectivity index (χ0v) is 12.8. The van der Waals surface area contributed by atoms with Gasteiger partial charge in [0, 0.05) is 5.56 Å². The molecule has 114 valence electrons. The highest BCUT2D eigenvalue weighted by atomic mass is 16.5. The standard InChI is InChI=1S/C21H18O2/c22-21(16-23-15-17-7-3-1-4-8-17)20-13-11-19(12-14-20)18-9-5-2-6-10-18/h1-14H,15-16H2. The van der Waals surface area contributed by atoms with Gasteiger partial charge in [-0.2, -0.15) is 0 Å². The molecule has 0 aliphatic rings. The van der Waals surface area contributed by atoms with E-state index < -0.39 is 0 Å². The van der Waals surface area contributed by atoms with Gasteiger partial charge in [-0.3, -0.25) is 4.79 Å². The number of rotatable bonds is 6. The minimum Gasteiger partial charge on any atom is -0.369 e. The molecule has 0 atom stereocenters. The molecule has 0 aromatic heterocycles. The normalized spacial score (nSPS) is 10.4. The number of hydrogen-bond donors (Lipinski definition) is 0. The molecule has 0 radical (unpaired) electrons. The second kappa shape index (κ2) is 7.52. The van der Waals surface area contributed by atoms with Crippen LogP contribution in [0.15, 0.2) is 84.9 Å². The molecular formula is C21H18O2. The lowest BCUT2D eigenvalue weighted by atomic mass is 10.0.